The third kappa shape index (κ3) is 4.38. The minimum atomic E-state index is -0.961. The number of amides is 2. The first-order chi connectivity index (χ1) is 14.9. The van der Waals surface area contributed by atoms with Crippen LogP contribution in [0, 0.1) is 0 Å². The number of rotatable bonds is 7. The number of hydrogen-bond acceptors (Lipinski definition) is 4. The quantitative estimate of drug-likeness (QED) is 0.531. The lowest BCUT2D eigenvalue weighted by Crippen LogP contribution is -2.65. The number of hydrogen-bond donors (Lipinski definition) is 1. The lowest BCUT2D eigenvalue weighted by atomic mass is 9.93. The Morgan fingerprint density at radius 3 is 2.74 bits per heavy atom. The van der Waals surface area contributed by atoms with E-state index in [9.17, 15) is 9.59 Å². The van der Waals surface area contributed by atoms with Gasteiger partial charge in [0.15, 0.2) is 5.58 Å². The molecule has 1 aliphatic heterocycles. The maximum atomic E-state index is 13.6. The summed E-state index contributed by atoms with van der Waals surface area (Å²) in [4.78, 5) is 28.9. The third-order valence-corrected chi connectivity index (χ3v) is 6.71. The van der Waals surface area contributed by atoms with Gasteiger partial charge in [0.1, 0.15) is 11.2 Å². The van der Waals surface area contributed by atoms with Crippen molar-refractivity contribution >= 4 is 22.9 Å². The first kappa shape index (κ1) is 21.9. The standard InChI is InChI=1S/C24H35N3O4/c1-17(2)30-13-8-12-27-22(28)20-15-21-19(11-14-31-21)26(20)16-24(27,3)23(29)25-18-9-6-4-5-7-10-18/h11,14-15,17-18H,4-10,12-13,16H2,1-3H3,(H,25,29)/t24-/m0/s1. The van der Waals surface area contributed by atoms with Crippen LogP contribution in [0.3, 0.4) is 0 Å². The first-order valence-electron chi connectivity index (χ1n) is 11.7. The Balaban J connectivity index is 1.59. The highest BCUT2D eigenvalue weighted by atomic mass is 16.5. The van der Waals surface area contributed by atoms with Gasteiger partial charge in [-0.15, -0.1) is 0 Å². The Morgan fingerprint density at radius 2 is 2.03 bits per heavy atom. The monoisotopic (exact) mass is 429 g/mol. The molecular weight excluding hydrogens is 394 g/mol. The number of carbonyl (C=O) groups is 2. The second-order valence-electron chi connectivity index (χ2n) is 9.45. The van der Waals surface area contributed by atoms with Gasteiger partial charge in [0.25, 0.3) is 5.91 Å². The molecule has 2 aromatic rings. The molecule has 4 rings (SSSR count). The summed E-state index contributed by atoms with van der Waals surface area (Å²) in [6.45, 7) is 7.35. The average Bonchev–Trinajstić information content (AvgIpc) is 3.22. The SMILES string of the molecule is CC(C)OCCCN1C(=O)c2cc3occc3n2C[C@@]1(C)C(=O)NC1CCCCCC1. The Morgan fingerprint density at radius 1 is 1.29 bits per heavy atom. The van der Waals surface area contributed by atoms with Crippen LogP contribution >= 0.6 is 0 Å². The van der Waals surface area contributed by atoms with Gasteiger partial charge in [-0.05, 0) is 40.0 Å². The van der Waals surface area contributed by atoms with E-state index in [-0.39, 0.29) is 24.0 Å². The summed E-state index contributed by atoms with van der Waals surface area (Å²) in [5.41, 5.74) is 1.16. The number of furan rings is 1. The van der Waals surface area contributed by atoms with Crippen molar-refractivity contribution in [2.45, 2.75) is 89.9 Å². The molecule has 0 unspecified atom stereocenters. The van der Waals surface area contributed by atoms with Crippen LogP contribution in [-0.4, -0.2) is 52.1 Å². The van der Waals surface area contributed by atoms with Gasteiger partial charge in [-0.1, -0.05) is 25.7 Å². The van der Waals surface area contributed by atoms with E-state index in [0.717, 1.165) is 31.2 Å². The lowest BCUT2D eigenvalue weighted by molar-refractivity contribution is -0.133. The lowest BCUT2D eigenvalue weighted by Gasteiger charge is -2.44. The van der Waals surface area contributed by atoms with Crippen molar-refractivity contribution in [2.24, 2.45) is 0 Å². The van der Waals surface area contributed by atoms with Crippen molar-refractivity contribution in [3.63, 3.8) is 0 Å². The van der Waals surface area contributed by atoms with Gasteiger partial charge in [0.05, 0.1) is 24.4 Å². The van der Waals surface area contributed by atoms with E-state index in [1.165, 1.54) is 12.8 Å². The molecule has 0 radical (unpaired) electrons. The summed E-state index contributed by atoms with van der Waals surface area (Å²) in [6.07, 6.45) is 9.24. The van der Waals surface area contributed by atoms with Gasteiger partial charge in [0, 0.05) is 31.3 Å². The predicted molar refractivity (Wildman–Crippen MR) is 119 cm³/mol. The van der Waals surface area contributed by atoms with Crippen LogP contribution in [0.25, 0.3) is 11.1 Å². The second kappa shape index (κ2) is 9.07. The smallest absolute Gasteiger partial charge is 0.271 e. The number of carbonyl (C=O) groups excluding carboxylic acids is 2. The Bertz CT molecular complexity index is 923. The minimum Gasteiger partial charge on any atom is -0.463 e. The molecule has 0 aromatic carbocycles. The fourth-order valence-electron chi connectivity index (χ4n) is 4.93. The third-order valence-electron chi connectivity index (χ3n) is 6.71. The van der Waals surface area contributed by atoms with E-state index in [0.29, 0.717) is 37.4 Å². The molecule has 1 aliphatic carbocycles. The number of ether oxygens (including phenoxy) is 1. The second-order valence-corrected chi connectivity index (χ2v) is 9.45. The van der Waals surface area contributed by atoms with Crippen molar-refractivity contribution in [3.8, 4) is 0 Å². The summed E-state index contributed by atoms with van der Waals surface area (Å²) in [6, 6.07) is 3.84. The zero-order chi connectivity index (χ0) is 22.0. The van der Waals surface area contributed by atoms with E-state index in [1.54, 1.807) is 17.2 Å². The van der Waals surface area contributed by atoms with Crippen LogP contribution in [0.4, 0.5) is 0 Å². The Kier molecular flexibility index (Phi) is 6.42. The normalized spacial score (nSPS) is 22.7. The van der Waals surface area contributed by atoms with Crippen molar-refractivity contribution in [1.29, 1.82) is 0 Å². The summed E-state index contributed by atoms with van der Waals surface area (Å²) < 4.78 is 13.1. The fourth-order valence-corrected chi connectivity index (χ4v) is 4.93. The van der Waals surface area contributed by atoms with E-state index < -0.39 is 5.54 Å². The Hall–Kier alpha value is -2.28. The molecule has 1 fully saturated rings. The molecule has 7 nitrogen and oxygen atoms in total. The molecule has 1 N–H and O–H groups in total. The van der Waals surface area contributed by atoms with Gasteiger partial charge < -0.3 is 23.9 Å². The van der Waals surface area contributed by atoms with Crippen LogP contribution in [-0.2, 0) is 16.1 Å². The van der Waals surface area contributed by atoms with E-state index in [1.807, 2.05) is 31.4 Å². The van der Waals surface area contributed by atoms with Gasteiger partial charge in [-0.2, -0.15) is 0 Å². The van der Waals surface area contributed by atoms with Crippen molar-refractivity contribution in [3.05, 3.63) is 24.1 Å². The van der Waals surface area contributed by atoms with E-state index >= 15 is 0 Å². The molecular formula is C24H35N3O4. The van der Waals surface area contributed by atoms with Crippen LogP contribution in [0.5, 0.6) is 0 Å². The zero-order valence-corrected chi connectivity index (χ0v) is 19.0. The van der Waals surface area contributed by atoms with Gasteiger partial charge in [-0.25, -0.2) is 0 Å². The molecule has 0 spiro atoms. The van der Waals surface area contributed by atoms with Crippen LogP contribution in [0.2, 0.25) is 0 Å². The molecule has 1 atom stereocenters. The van der Waals surface area contributed by atoms with Crippen molar-refractivity contribution < 1.29 is 18.7 Å². The minimum absolute atomic E-state index is 0.0616. The van der Waals surface area contributed by atoms with E-state index in [2.05, 4.69) is 5.32 Å². The molecule has 31 heavy (non-hydrogen) atoms. The highest BCUT2D eigenvalue weighted by molar-refractivity contribution is 6.02. The number of nitrogens with one attached hydrogen (secondary N) is 1. The molecule has 0 saturated heterocycles. The summed E-state index contributed by atoms with van der Waals surface area (Å²) in [5, 5.41) is 3.29. The molecule has 2 amide bonds. The summed E-state index contributed by atoms with van der Waals surface area (Å²) in [5.74, 6) is -0.186. The largest absolute Gasteiger partial charge is 0.463 e. The summed E-state index contributed by atoms with van der Waals surface area (Å²) >= 11 is 0. The number of fused-ring (bicyclic) bond motifs is 3. The van der Waals surface area contributed by atoms with Gasteiger partial charge >= 0.3 is 0 Å². The molecule has 7 heteroatoms. The molecule has 0 bridgehead atoms. The van der Waals surface area contributed by atoms with Crippen LogP contribution < -0.4 is 5.32 Å². The number of nitrogens with zero attached hydrogens (tertiary/aromatic N) is 2. The van der Waals surface area contributed by atoms with Crippen LogP contribution in [0.1, 0.15) is 76.2 Å². The molecule has 170 valence electrons. The van der Waals surface area contributed by atoms with E-state index in [4.69, 9.17) is 9.15 Å². The van der Waals surface area contributed by atoms with Crippen molar-refractivity contribution in [2.75, 3.05) is 13.2 Å². The summed E-state index contributed by atoms with van der Waals surface area (Å²) in [7, 11) is 0. The molecule has 2 aromatic heterocycles. The number of aromatic nitrogens is 1. The fraction of sp³-hybridized carbons (Fsp3) is 0.667. The Labute approximate surface area is 184 Å². The first-order valence-corrected chi connectivity index (χ1v) is 11.7. The molecule has 2 aliphatic rings. The molecule has 1 saturated carbocycles. The highest BCUT2D eigenvalue weighted by Crippen LogP contribution is 2.33. The van der Waals surface area contributed by atoms with Gasteiger partial charge in [-0.3, -0.25) is 9.59 Å². The topological polar surface area (TPSA) is 76.7 Å². The maximum Gasteiger partial charge on any atom is 0.271 e. The van der Waals surface area contributed by atoms with Gasteiger partial charge in [0.2, 0.25) is 5.91 Å². The average molecular weight is 430 g/mol. The predicted octanol–water partition coefficient (Wildman–Crippen LogP) is 4.10. The van der Waals surface area contributed by atoms with Crippen molar-refractivity contribution in [1.82, 2.24) is 14.8 Å². The maximum absolute atomic E-state index is 13.6. The molecule has 3 heterocycles. The highest BCUT2D eigenvalue weighted by Gasteiger charge is 2.48. The zero-order valence-electron chi connectivity index (χ0n) is 19.0. The van der Waals surface area contributed by atoms with Crippen LogP contribution in [0.15, 0.2) is 22.8 Å².